The van der Waals surface area contributed by atoms with E-state index in [9.17, 15) is 4.79 Å². The Labute approximate surface area is 97.3 Å². The van der Waals surface area contributed by atoms with E-state index in [1.54, 1.807) is 0 Å². The molecule has 0 radical (unpaired) electrons. The first kappa shape index (κ1) is 9.66. The van der Waals surface area contributed by atoms with E-state index in [1.165, 1.54) is 11.3 Å². The van der Waals surface area contributed by atoms with Crippen molar-refractivity contribution in [2.45, 2.75) is 18.9 Å². The molecule has 4 heteroatoms. The van der Waals surface area contributed by atoms with Crippen molar-refractivity contribution in [1.29, 1.82) is 0 Å². The Balaban J connectivity index is 1.94. The number of thiophene rings is 1. The van der Waals surface area contributed by atoms with Gasteiger partial charge in [0.1, 0.15) is 0 Å². The lowest BCUT2D eigenvalue weighted by Crippen LogP contribution is -2.24. The number of hydrogen-bond donors (Lipinski definition) is 2. The normalized spacial score (nSPS) is 15.2. The molecule has 3 nitrogen and oxygen atoms in total. The van der Waals surface area contributed by atoms with Crippen molar-refractivity contribution in [1.82, 2.24) is 5.32 Å². The summed E-state index contributed by atoms with van der Waals surface area (Å²) < 4.78 is 1.11. The molecule has 1 aliphatic rings. The highest BCUT2D eigenvalue weighted by Crippen LogP contribution is 2.28. The maximum atomic E-state index is 11.8. The van der Waals surface area contributed by atoms with Crippen LogP contribution in [-0.2, 0) is 0 Å². The second kappa shape index (κ2) is 3.49. The van der Waals surface area contributed by atoms with Crippen molar-refractivity contribution in [2.75, 3.05) is 5.73 Å². The third-order valence-electron chi connectivity index (χ3n) is 2.68. The number of carbonyl (C=O) groups is 1. The van der Waals surface area contributed by atoms with Crippen molar-refractivity contribution in [2.24, 2.45) is 0 Å². The molecule has 2 aromatic rings. The van der Waals surface area contributed by atoms with E-state index >= 15 is 0 Å². The molecule has 0 bridgehead atoms. The summed E-state index contributed by atoms with van der Waals surface area (Å²) in [6, 6.07) is 8.04. The minimum Gasteiger partial charge on any atom is -0.399 e. The minimum atomic E-state index is 0.0438. The minimum absolute atomic E-state index is 0.0438. The number of nitrogen functional groups attached to an aromatic ring is 1. The number of hydrogen-bond acceptors (Lipinski definition) is 3. The summed E-state index contributed by atoms with van der Waals surface area (Å²) in [6.45, 7) is 0. The maximum absolute atomic E-state index is 11.8. The topological polar surface area (TPSA) is 55.1 Å². The summed E-state index contributed by atoms with van der Waals surface area (Å²) in [6.07, 6.45) is 2.23. The van der Waals surface area contributed by atoms with Gasteiger partial charge >= 0.3 is 0 Å². The monoisotopic (exact) mass is 232 g/mol. The van der Waals surface area contributed by atoms with Crippen LogP contribution in [0.4, 0.5) is 5.69 Å². The molecular formula is C12H12N2OS. The van der Waals surface area contributed by atoms with Gasteiger partial charge in [-0.1, -0.05) is 0 Å². The van der Waals surface area contributed by atoms with Crippen LogP contribution in [0.25, 0.3) is 10.1 Å². The zero-order valence-corrected chi connectivity index (χ0v) is 9.51. The molecule has 0 spiro atoms. The first-order valence-electron chi connectivity index (χ1n) is 5.32. The Bertz CT molecular complexity index is 557. The Morgan fingerprint density at radius 3 is 2.94 bits per heavy atom. The molecule has 3 rings (SSSR count). The Morgan fingerprint density at radius 1 is 1.38 bits per heavy atom. The molecule has 1 fully saturated rings. The van der Waals surface area contributed by atoms with Crippen molar-refractivity contribution in [3.8, 4) is 0 Å². The number of carbonyl (C=O) groups excluding carboxylic acids is 1. The van der Waals surface area contributed by atoms with Crippen LogP contribution >= 0.6 is 11.3 Å². The molecule has 0 saturated heterocycles. The van der Waals surface area contributed by atoms with Gasteiger partial charge in [-0.25, -0.2) is 0 Å². The van der Waals surface area contributed by atoms with E-state index in [0.29, 0.717) is 6.04 Å². The summed E-state index contributed by atoms with van der Waals surface area (Å²) in [7, 11) is 0. The molecule has 0 aliphatic heterocycles. The number of fused-ring (bicyclic) bond motifs is 1. The predicted molar refractivity (Wildman–Crippen MR) is 66.7 cm³/mol. The van der Waals surface area contributed by atoms with E-state index < -0.39 is 0 Å². The molecule has 82 valence electrons. The number of benzene rings is 1. The molecule has 0 unspecified atom stereocenters. The Hall–Kier alpha value is -1.55. The Morgan fingerprint density at radius 2 is 2.19 bits per heavy atom. The number of nitrogens with one attached hydrogen (secondary N) is 1. The molecule has 1 aromatic carbocycles. The van der Waals surface area contributed by atoms with Crippen LogP contribution in [-0.4, -0.2) is 11.9 Å². The van der Waals surface area contributed by atoms with Crippen LogP contribution in [0, 0.1) is 0 Å². The first-order chi connectivity index (χ1) is 7.72. The molecule has 1 aromatic heterocycles. The number of anilines is 1. The number of rotatable bonds is 2. The van der Waals surface area contributed by atoms with Crippen LogP contribution in [0.2, 0.25) is 0 Å². The fourth-order valence-corrected chi connectivity index (χ4v) is 2.60. The molecule has 1 saturated carbocycles. The number of nitrogens with two attached hydrogens (primary N) is 1. The second-order valence-corrected chi connectivity index (χ2v) is 5.24. The van der Waals surface area contributed by atoms with Gasteiger partial charge in [0.2, 0.25) is 0 Å². The van der Waals surface area contributed by atoms with Crippen LogP contribution in [0.5, 0.6) is 0 Å². The molecular weight excluding hydrogens is 220 g/mol. The highest BCUT2D eigenvalue weighted by atomic mass is 32.1. The fourth-order valence-electron chi connectivity index (χ4n) is 1.66. The van der Waals surface area contributed by atoms with E-state index in [1.807, 2.05) is 24.3 Å². The smallest absolute Gasteiger partial charge is 0.261 e. The summed E-state index contributed by atoms with van der Waals surface area (Å²) in [4.78, 5) is 12.6. The van der Waals surface area contributed by atoms with Crippen LogP contribution < -0.4 is 11.1 Å². The van der Waals surface area contributed by atoms with Crippen LogP contribution in [0.3, 0.4) is 0 Å². The van der Waals surface area contributed by atoms with E-state index in [2.05, 4.69) is 5.32 Å². The zero-order valence-electron chi connectivity index (χ0n) is 8.69. The van der Waals surface area contributed by atoms with Gasteiger partial charge in [-0.05, 0) is 42.5 Å². The van der Waals surface area contributed by atoms with E-state index in [-0.39, 0.29) is 5.91 Å². The van der Waals surface area contributed by atoms with Gasteiger partial charge in [0.05, 0.1) is 4.88 Å². The molecule has 1 aliphatic carbocycles. The SMILES string of the molecule is Nc1ccc2sc(C(=O)NC3CC3)cc2c1. The fraction of sp³-hybridized carbons (Fsp3) is 0.250. The Kier molecular flexibility index (Phi) is 2.11. The van der Waals surface area contributed by atoms with Crippen molar-refractivity contribution >= 4 is 33.0 Å². The third kappa shape index (κ3) is 1.76. The lowest BCUT2D eigenvalue weighted by Gasteiger charge is -1.98. The quantitative estimate of drug-likeness (QED) is 0.781. The van der Waals surface area contributed by atoms with Crippen molar-refractivity contribution in [3.63, 3.8) is 0 Å². The average molecular weight is 232 g/mol. The highest BCUT2D eigenvalue weighted by Gasteiger charge is 2.24. The van der Waals surface area contributed by atoms with E-state index in [4.69, 9.17) is 5.73 Å². The van der Waals surface area contributed by atoms with Gasteiger partial charge in [0.15, 0.2) is 0 Å². The van der Waals surface area contributed by atoms with Gasteiger partial charge < -0.3 is 11.1 Å². The van der Waals surface area contributed by atoms with Crippen molar-refractivity contribution < 1.29 is 4.79 Å². The third-order valence-corrected chi connectivity index (χ3v) is 3.79. The van der Waals surface area contributed by atoms with E-state index in [0.717, 1.165) is 33.5 Å². The molecule has 16 heavy (non-hydrogen) atoms. The van der Waals surface area contributed by atoms with Gasteiger partial charge in [-0.3, -0.25) is 4.79 Å². The van der Waals surface area contributed by atoms with Crippen LogP contribution in [0.15, 0.2) is 24.3 Å². The molecule has 1 amide bonds. The molecule has 3 N–H and O–H groups in total. The summed E-state index contributed by atoms with van der Waals surface area (Å²) >= 11 is 1.52. The highest BCUT2D eigenvalue weighted by molar-refractivity contribution is 7.20. The average Bonchev–Trinajstić information content (AvgIpc) is 2.95. The summed E-state index contributed by atoms with van der Waals surface area (Å²) in [5.41, 5.74) is 6.44. The lowest BCUT2D eigenvalue weighted by molar-refractivity contribution is 0.0955. The van der Waals surface area contributed by atoms with Crippen LogP contribution in [0.1, 0.15) is 22.5 Å². The molecule has 1 heterocycles. The largest absolute Gasteiger partial charge is 0.399 e. The second-order valence-electron chi connectivity index (χ2n) is 4.16. The lowest BCUT2D eigenvalue weighted by atomic mass is 10.2. The number of amides is 1. The standard InChI is InChI=1S/C12H12N2OS/c13-8-1-4-10-7(5-8)6-11(16-10)12(15)14-9-2-3-9/h1,4-6,9H,2-3,13H2,(H,14,15). The molecule has 0 atom stereocenters. The van der Waals surface area contributed by atoms with Gasteiger partial charge in [-0.15, -0.1) is 11.3 Å². The summed E-state index contributed by atoms with van der Waals surface area (Å²) in [5, 5.41) is 4.03. The first-order valence-corrected chi connectivity index (χ1v) is 6.14. The van der Waals surface area contributed by atoms with Gasteiger partial charge in [0, 0.05) is 16.4 Å². The van der Waals surface area contributed by atoms with Crippen molar-refractivity contribution in [3.05, 3.63) is 29.1 Å². The van der Waals surface area contributed by atoms with Gasteiger partial charge in [0.25, 0.3) is 5.91 Å². The van der Waals surface area contributed by atoms with Gasteiger partial charge in [-0.2, -0.15) is 0 Å². The summed E-state index contributed by atoms with van der Waals surface area (Å²) in [5.74, 6) is 0.0438. The predicted octanol–water partition coefficient (Wildman–Crippen LogP) is 2.38. The zero-order chi connectivity index (χ0) is 11.1. The maximum Gasteiger partial charge on any atom is 0.261 e.